The van der Waals surface area contributed by atoms with Crippen LogP contribution in [0.5, 0.6) is 0 Å². The first kappa shape index (κ1) is 15.1. The van der Waals surface area contributed by atoms with Gasteiger partial charge < -0.3 is 20.4 Å². The molecule has 0 aromatic heterocycles. The molecule has 0 aromatic rings. The number of rotatable bonds is 3. The Morgan fingerprint density at radius 3 is 2.30 bits per heavy atom. The number of aliphatic hydroxyl groups is 1. The number of hydrogen-bond donors (Lipinski definition) is 3. The average molecular weight is 284 g/mol. The van der Waals surface area contributed by atoms with E-state index in [1.807, 2.05) is 0 Å². The topological polar surface area (TPSA) is 89.9 Å². The molecular formula is C14H24N2O4. The van der Waals surface area contributed by atoms with Crippen LogP contribution in [0.3, 0.4) is 0 Å². The van der Waals surface area contributed by atoms with Crippen molar-refractivity contribution in [2.24, 2.45) is 5.41 Å². The van der Waals surface area contributed by atoms with Crippen LogP contribution >= 0.6 is 0 Å². The first-order chi connectivity index (χ1) is 9.53. The molecule has 20 heavy (non-hydrogen) atoms. The van der Waals surface area contributed by atoms with E-state index in [4.69, 9.17) is 0 Å². The summed E-state index contributed by atoms with van der Waals surface area (Å²) in [5, 5.41) is 21.7. The van der Waals surface area contributed by atoms with Crippen molar-refractivity contribution in [2.75, 3.05) is 19.6 Å². The number of hydrogen-bond acceptors (Lipinski definition) is 3. The van der Waals surface area contributed by atoms with Gasteiger partial charge in [0.05, 0.1) is 11.5 Å². The third kappa shape index (κ3) is 3.42. The van der Waals surface area contributed by atoms with E-state index >= 15 is 0 Å². The lowest BCUT2D eigenvalue weighted by Gasteiger charge is -2.35. The van der Waals surface area contributed by atoms with Crippen molar-refractivity contribution in [2.45, 2.75) is 51.0 Å². The Morgan fingerprint density at radius 1 is 1.15 bits per heavy atom. The van der Waals surface area contributed by atoms with Crippen LogP contribution in [0.15, 0.2) is 0 Å². The quantitative estimate of drug-likeness (QED) is 0.726. The number of carbonyl (C=O) groups is 2. The highest BCUT2D eigenvalue weighted by Crippen LogP contribution is 2.36. The second-order valence-electron chi connectivity index (χ2n) is 6.02. The highest BCUT2D eigenvalue weighted by Gasteiger charge is 2.40. The summed E-state index contributed by atoms with van der Waals surface area (Å²) in [7, 11) is 0. The number of urea groups is 1. The van der Waals surface area contributed by atoms with Crippen molar-refractivity contribution in [3.05, 3.63) is 0 Å². The van der Waals surface area contributed by atoms with Crippen LogP contribution in [-0.4, -0.2) is 52.9 Å². The Morgan fingerprint density at radius 2 is 1.75 bits per heavy atom. The molecule has 2 aliphatic rings. The molecule has 0 radical (unpaired) electrons. The van der Waals surface area contributed by atoms with E-state index in [-0.39, 0.29) is 18.7 Å². The van der Waals surface area contributed by atoms with E-state index in [2.05, 4.69) is 5.32 Å². The summed E-state index contributed by atoms with van der Waals surface area (Å²) >= 11 is 0. The van der Waals surface area contributed by atoms with Gasteiger partial charge in [-0.3, -0.25) is 4.79 Å². The Balaban J connectivity index is 1.86. The summed E-state index contributed by atoms with van der Waals surface area (Å²) in [6.45, 7) is 1.28. The average Bonchev–Trinajstić information content (AvgIpc) is 2.46. The predicted molar refractivity (Wildman–Crippen MR) is 73.4 cm³/mol. The molecule has 1 aliphatic carbocycles. The number of aliphatic hydroxyl groups excluding tert-OH is 1. The Kier molecular flexibility index (Phi) is 4.86. The minimum atomic E-state index is -0.799. The molecule has 2 amide bonds. The highest BCUT2D eigenvalue weighted by atomic mass is 16.4. The SMILES string of the molecule is O=C(NCC1(C(=O)O)CCCCC1)N1CCC(O)CC1. The van der Waals surface area contributed by atoms with Crippen molar-refractivity contribution < 1.29 is 19.8 Å². The van der Waals surface area contributed by atoms with Crippen LogP contribution in [-0.2, 0) is 4.79 Å². The molecule has 114 valence electrons. The molecule has 2 fully saturated rings. The molecule has 6 heteroatoms. The number of carbonyl (C=O) groups excluding carboxylic acids is 1. The minimum absolute atomic E-state index is 0.205. The van der Waals surface area contributed by atoms with Crippen LogP contribution in [0, 0.1) is 5.41 Å². The summed E-state index contributed by atoms with van der Waals surface area (Å²) in [5.41, 5.74) is -0.788. The fourth-order valence-electron chi connectivity index (χ4n) is 3.12. The second-order valence-corrected chi connectivity index (χ2v) is 6.02. The first-order valence-corrected chi connectivity index (χ1v) is 7.48. The Hall–Kier alpha value is -1.30. The van der Waals surface area contributed by atoms with Crippen LogP contribution in [0.25, 0.3) is 0 Å². The number of carboxylic acid groups (broad SMARTS) is 1. The Bertz CT molecular complexity index is 358. The normalized spacial score (nSPS) is 23.4. The summed E-state index contributed by atoms with van der Waals surface area (Å²) < 4.78 is 0. The zero-order valence-electron chi connectivity index (χ0n) is 11.8. The van der Waals surface area contributed by atoms with Gasteiger partial charge in [0.25, 0.3) is 0 Å². The van der Waals surface area contributed by atoms with Crippen LogP contribution < -0.4 is 5.32 Å². The number of carboxylic acids is 1. The molecule has 2 rings (SSSR count). The lowest BCUT2D eigenvalue weighted by Crippen LogP contribution is -2.50. The van der Waals surface area contributed by atoms with Gasteiger partial charge in [0.15, 0.2) is 0 Å². The predicted octanol–water partition coefficient (Wildman–Crippen LogP) is 1.19. The molecule has 1 saturated heterocycles. The molecule has 0 aromatic carbocycles. The summed E-state index contributed by atoms with van der Waals surface area (Å²) in [5.74, 6) is -0.799. The molecule has 0 spiro atoms. The van der Waals surface area contributed by atoms with E-state index in [1.54, 1.807) is 4.90 Å². The monoisotopic (exact) mass is 284 g/mol. The largest absolute Gasteiger partial charge is 0.481 e. The number of aliphatic carboxylic acids is 1. The van der Waals surface area contributed by atoms with Crippen molar-refractivity contribution in [1.29, 1.82) is 0 Å². The fourth-order valence-corrected chi connectivity index (χ4v) is 3.12. The van der Waals surface area contributed by atoms with Gasteiger partial charge in [0.2, 0.25) is 0 Å². The molecule has 6 nitrogen and oxygen atoms in total. The van der Waals surface area contributed by atoms with Gasteiger partial charge in [-0.1, -0.05) is 19.3 Å². The standard InChI is InChI=1S/C14H24N2O4/c17-11-4-8-16(9-5-11)13(20)15-10-14(12(18)19)6-2-1-3-7-14/h11,17H,1-10H2,(H,15,20)(H,18,19). The summed E-state index contributed by atoms with van der Waals surface area (Å²) in [6, 6.07) is -0.205. The van der Waals surface area contributed by atoms with Crippen molar-refractivity contribution in [3.63, 3.8) is 0 Å². The van der Waals surface area contributed by atoms with E-state index in [0.29, 0.717) is 38.8 Å². The Labute approximate surface area is 119 Å². The van der Waals surface area contributed by atoms with Crippen LogP contribution in [0.2, 0.25) is 0 Å². The van der Waals surface area contributed by atoms with Crippen LogP contribution in [0.4, 0.5) is 4.79 Å². The maximum Gasteiger partial charge on any atom is 0.317 e. The molecule has 1 saturated carbocycles. The number of piperidine rings is 1. The van der Waals surface area contributed by atoms with Gasteiger partial charge in [-0.05, 0) is 25.7 Å². The van der Waals surface area contributed by atoms with Crippen molar-refractivity contribution in [1.82, 2.24) is 10.2 Å². The number of nitrogens with one attached hydrogen (secondary N) is 1. The zero-order chi connectivity index (χ0) is 14.6. The molecule has 3 N–H and O–H groups in total. The van der Waals surface area contributed by atoms with E-state index in [1.165, 1.54) is 0 Å². The lowest BCUT2D eigenvalue weighted by atomic mass is 9.74. The third-order valence-corrected chi connectivity index (χ3v) is 4.59. The molecule has 1 aliphatic heterocycles. The second kappa shape index (κ2) is 6.43. The van der Waals surface area contributed by atoms with Gasteiger partial charge in [0.1, 0.15) is 0 Å². The smallest absolute Gasteiger partial charge is 0.317 e. The van der Waals surface area contributed by atoms with Crippen molar-refractivity contribution in [3.8, 4) is 0 Å². The van der Waals surface area contributed by atoms with E-state index in [0.717, 1.165) is 19.3 Å². The number of likely N-dealkylation sites (tertiary alicyclic amines) is 1. The molecule has 1 heterocycles. The fraction of sp³-hybridized carbons (Fsp3) is 0.857. The molecule has 0 atom stereocenters. The lowest BCUT2D eigenvalue weighted by molar-refractivity contribution is -0.150. The van der Waals surface area contributed by atoms with Gasteiger partial charge in [-0.25, -0.2) is 4.79 Å². The maximum atomic E-state index is 12.1. The molecular weight excluding hydrogens is 260 g/mol. The number of nitrogens with zero attached hydrogens (tertiary/aromatic N) is 1. The highest BCUT2D eigenvalue weighted by molar-refractivity contribution is 5.78. The van der Waals surface area contributed by atoms with Gasteiger partial charge >= 0.3 is 12.0 Å². The third-order valence-electron chi connectivity index (χ3n) is 4.59. The minimum Gasteiger partial charge on any atom is -0.481 e. The van der Waals surface area contributed by atoms with E-state index in [9.17, 15) is 19.8 Å². The summed E-state index contributed by atoms with van der Waals surface area (Å²) in [6.07, 6.45) is 5.06. The van der Waals surface area contributed by atoms with E-state index < -0.39 is 11.4 Å². The first-order valence-electron chi connectivity index (χ1n) is 7.48. The molecule has 0 bridgehead atoms. The summed E-state index contributed by atoms with van der Waals surface area (Å²) in [4.78, 5) is 25.2. The maximum absolute atomic E-state index is 12.1. The van der Waals surface area contributed by atoms with Gasteiger partial charge in [0, 0.05) is 19.6 Å². The van der Waals surface area contributed by atoms with Crippen molar-refractivity contribution >= 4 is 12.0 Å². The van der Waals surface area contributed by atoms with Gasteiger partial charge in [-0.15, -0.1) is 0 Å². The zero-order valence-corrected chi connectivity index (χ0v) is 11.8. The van der Waals surface area contributed by atoms with Crippen LogP contribution in [0.1, 0.15) is 44.9 Å². The molecule has 0 unspecified atom stereocenters. The number of amides is 2. The van der Waals surface area contributed by atoms with Gasteiger partial charge in [-0.2, -0.15) is 0 Å².